The second-order valence-corrected chi connectivity index (χ2v) is 7.49. The van der Waals surface area contributed by atoms with Crippen molar-refractivity contribution in [3.05, 3.63) is 58.2 Å². The summed E-state index contributed by atoms with van der Waals surface area (Å²) in [6, 6.07) is 4.36. The number of halogens is 4. The quantitative estimate of drug-likeness (QED) is 0.483. The summed E-state index contributed by atoms with van der Waals surface area (Å²) >= 11 is 12.1. The maximum Gasteiger partial charge on any atom is 0.166 e. The fourth-order valence-electron chi connectivity index (χ4n) is 2.90. The van der Waals surface area contributed by atoms with Crippen molar-refractivity contribution < 1.29 is 13.5 Å². The van der Waals surface area contributed by atoms with Gasteiger partial charge in [-0.05, 0) is 38.1 Å². The average Bonchev–Trinajstić information content (AvgIpc) is 3.41. The molecule has 1 aliphatic heterocycles. The summed E-state index contributed by atoms with van der Waals surface area (Å²) in [5.74, 6) is -0.0138. The van der Waals surface area contributed by atoms with Crippen molar-refractivity contribution in [2.75, 3.05) is 18.8 Å². The molecule has 4 N–H and O–H groups in total. The average molecular weight is 456 g/mol. The zero-order chi connectivity index (χ0) is 21.7. The first-order chi connectivity index (χ1) is 14.4. The van der Waals surface area contributed by atoms with Gasteiger partial charge in [-0.1, -0.05) is 23.2 Å². The van der Waals surface area contributed by atoms with Gasteiger partial charge < -0.3 is 15.8 Å². The van der Waals surface area contributed by atoms with Crippen LogP contribution in [0.2, 0.25) is 10.0 Å². The summed E-state index contributed by atoms with van der Waals surface area (Å²) in [6.07, 6.45) is 4.51. The van der Waals surface area contributed by atoms with Gasteiger partial charge in [0, 0.05) is 40.7 Å². The highest BCUT2D eigenvalue weighted by Gasteiger charge is 2.20. The van der Waals surface area contributed by atoms with Crippen LogP contribution in [-0.4, -0.2) is 34.4 Å². The Morgan fingerprint density at radius 1 is 1.27 bits per heavy atom. The van der Waals surface area contributed by atoms with Crippen molar-refractivity contribution in [1.29, 1.82) is 0 Å². The number of alkyl halides is 1. The van der Waals surface area contributed by atoms with Crippen molar-refractivity contribution >= 4 is 29.0 Å². The van der Waals surface area contributed by atoms with Crippen LogP contribution >= 0.6 is 23.2 Å². The topological polar surface area (TPSA) is 88.8 Å². The van der Waals surface area contributed by atoms with Crippen LogP contribution in [0.3, 0.4) is 0 Å². The summed E-state index contributed by atoms with van der Waals surface area (Å²) < 4.78 is 31.4. The number of ether oxygens (including phenoxy) is 1. The lowest BCUT2D eigenvalue weighted by Crippen LogP contribution is -2.08. The molecule has 1 aliphatic rings. The second-order valence-electron chi connectivity index (χ2n) is 6.70. The summed E-state index contributed by atoms with van der Waals surface area (Å²) in [6.45, 7) is 3.14. The number of aromatic nitrogens is 3. The number of nitrogens with two attached hydrogens (primary N) is 1. The van der Waals surface area contributed by atoms with Gasteiger partial charge in [0.1, 0.15) is 18.1 Å². The van der Waals surface area contributed by atoms with E-state index >= 15 is 0 Å². The first-order valence-corrected chi connectivity index (χ1v) is 10.0. The van der Waals surface area contributed by atoms with Gasteiger partial charge >= 0.3 is 0 Å². The van der Waals surface area contributed by atoms with Gasteiger partial charge in [-0.2, -0.15) is 5.10 Å². The summed E-state index contributed by atoms with van der Waals surface area (Å²) in [5.41, 5.74) is 7.84. The molecule has 30 heavy (non-hydrogen) atoms. The molecule has 10 heteroatoms. The van der Waals surface area contributed by atoms with Crippen LogP contribution in [0.15, 0.2) is 36.8 Å². The smallest absolute Gasteiger partial charge is 0.166 e. The summed E-state index contributed by atoms with van der Waals surface area (Å²) in [5, 5.41) is 9.75. The van der Waals surface area contributed by atoms with E-state index in [0.717, 1.165) is 17.7 Å². The highest BCUT2D eigenvalue weighted by Crippen LogP contribution is 2.36. The fraction of sp³-hybridized carbons (Fsp3) is 0.300. The molecule has 0 radical (unpaired) electrons. The molecule has 0 amide bonds. The molecule has 0 aliphatic carbocycles. The number of benzene rings is 1. The monoisotopic (exact) mass is 455 g/mol. The van der Waals surface area contributed by atoms with Gasteiger partial charge in [0.05, 0.1) is 11.2 Å². The van der Waals surface area contributed by atoms with Crippen LogP contribution in [0.1, 0.15) is 25.0 Å². The lowest BCUT2D eigenvalue weighted by Gasteiger charge is -2.19. The molecule has 4 rings (SSSR count). The van der Waals surface area contributed by atoms with E-state index in [0.29, 0.717) is 29.3 Å². The van der Waals surface area contributed by atoms with Gasteiger partial charge in [-0.15, -0.1) is 0 Å². The zero-order valence-electron chi connectivity index (χ0n) is 16.1. The van der Waals surface area contributed by atoms with E-state index in [2.05, 4.69) is 20.5 Å². The Morgan fingerprint density at radius 3 is 2.67 bits per heavy atom. The molecular formula is C20H21Cl2F2N5O. The lowest BCUT2D eigenvalue weighted by molar-refractivity contribution is 0.227. The van der Waals surface area contributed by atoms with E-state index in [1.54, 1.807) is 31.6 Å². The molecule has 2 atom stereocenters. The number of pyridine rings is 1. The molecule has 2 aromatic heterocycles. The van der Waals surface area contributed by atoms with E-state index in [1.807, 2.05) is 0 Å². The van der Waals surface area contributed by atoms with Crippen molar-refractivity contribution in [2.24, 2.45) is 0 Å². The van der Waals surface area contributed by atoms with Gasteiger partial charge in [-0.3, -0.25) is 5.10 Å². The van der Waals surface area contributed by atoms with Crippen LogP contribution in [-0.2, 0) is 0 Å². The maximum atomic E-state index is 13.7. The summed E-state index contributed by atoms with van der Waals surface area (Å²) in [7, 11) is 0. The van der Waals surface area contributed by atoms with E-state index in [-0.39, 0.29) is 10.8 Å². The third kappa shape index (κ3) is 5.38. The van der Waals surface area contributed by atoms with Gasteiger partial charge in [0.2, 0.25) is 0 Å². The second kappa shape index (κ2) is 10.1. The molecule has 0 saturated carbocycles. The van der Waals surface area contributed by atoms with Gasteiger partial charge in [0.25, 0.3) is 0 Å². The number of rotatable bonds is 4. The Kier molecular flexibility index (Phi) is 7.47. The molecule has 1 fully saturated rings. The van der Waals surface area contributed by atoms with Crippen LogP contribution in [0.25, 0.3) is 11.1 Å². The molecular weight excluding hydrogens is 435 g/mol. The van der Waals surface area contributed by atoms with Crippen molar-refractivity contribution in [3.63, 3.8) is 0 Å². The lowest BCUT2D eigenvalue weighted by atomic mass is 10.1. The first-order valence-electron chi connectivity index (χ1n) is 9.26. The number of nitrogens with zero attached hydrogens (tertiary/aromatic N) is 2. The van der Waals surface area contributed by atoms with Gasteiger partial charge in [-0.25, -0.2) is 13.8 Å². The largest absolute Gasteiger partial charge is 0.482 e. The van der Waals surface area contributed by atoms with Crippen LogP contribution in [0.5, 0.6) is 5.75 Å². The van der Waals surface area contributed by atoms with Crippen molar-refractivity contribution in [2.45, 2.75) is 25.6 Å². The Bertz CT molecular complexity index is 982. The zero-order valence-corrected chi connectivity index (χ0v) is 17.6. The fourth-order valence-corrected chi connectivity index (χ4v) is 3.58. The highest BCUT2D eigenvalue weighted by molar-refractivity contribution is 6.36. The number of nitrogen functional groups attached to an aromatic ring is 1. The van der Waals surface area contributed by atoms with Crippen molar-refractivity contribution in [1.82, 2.24) is 20.5 Å². The number of anilines is 1. The first kappa shape index (κ1) is 22.3. The number of aromatic amines is 1. The molecule has 160 valence electrons. The predicted octanol–water partition coefficient (Wildman–Crippen LogP) is 4.96. The third-order valence-electron chi connectivity index (χ3n) is 4.50. The number of nitrogens with one attached hydrogen (secondary N) is 2. The van der Waals surface area contributed by atoms with Crippen LogP contribution in [0, 0.1) is 5.82 Å². The number of hydrogen-bond acceptors (Lipinski definition) is 5. The predicted molar refractivity (Wildman–Crippen MR) is 114 cm³/mol. The standard InChI is InChI=1S/C16H13Cl2FN4O.C4H8FN/c1-8(14-11(17)2-3-12(19)15(14)18)24-13-4-9(5-21-16(13)20)10-6-22-23-7-10;5-4-1-2-6-3-4/h2-8H,1H3,(H2,20,21)(H,22,23);4,6H,1-3H2. The minimum atomic E-state index is -0.621. The normalized spacial score (nSPS) is 16.6. The Balaban J connectivity index is 0.000000367. The molecule has 3 aromatic rings. The Morgan fingerprint density at radius 2 is 2.07 bits per heavy atom. The van der Waals surface area contributed by atoms with Crippen LogP contribution in [0.4, 0.5) is 14.6 Å². The number of H-pyrrole nitrogens is 1. The van der Waals surface area contributed by atoms with E-state index < -0.39 is 18.1 Å². The molecule has 2 unspecified atom stereocenters. The Hall–Kier alpha value is -2.42. The highest BCUT2D eigenvalue weighted by atomic mass is 35.5. The molecule has 1 saturated heterocycles. The molecule has 3 heterocycles. The third-order valence-corrected chi connectivity index (χ3v) is 5.22. The van der Waals surface area contributed by atoms with Crippen molar-refractivity contribution in [3.8, 4) is 16.9 Å². The molecule has 0 bridgehead atoms. The van der Waals surface area contributed by atoms with E-state index in [4.69, 9.17) is 33.7 Å². The number of hydrogen-bond donors (Lipinski definition) is 3. The summed E-state index contributed by atoms with van der Waals surface area (Å²) in [4.78, 5) is 4.12. The molecule has 6 nitrogen and oxygen atoms in total. The molecule has 0 spiro atoms. The van der Waals surface area contributed by atoms with E-state index in [1.165, 1.54) is 12.1 Å². The van der Waals surface area contributed by atoms with Crippen LogP contribution < -0.4 is 15.8 Å². The minimum Gasteiger partial charge on any atom is -0.482 e. The van der Waals surface area contributed by atoms with E-state index in [9.17, 15) is 8.78 Å². The minimum absolute atomic E-state index is 0.0764. The SMILES string of the molecule is CC(Oc1cc(-c2cn[nH]c2)cnc1N)c1c(Cl)ccc(F)c1Cl.FC1CCNC1. The van der Waals surface area contributed by atoms with Gasteiger partial charge in [0.15, 0.2) is 11.6 Å². The molecule has 1 aromatic carbocycles. The Labute approximate surface area is 182 Å². The maximum absolute atomic E-state index is 13.7.